The summed E-state index contributed by atoms with van der Waals surface area (Å²) < 4.78 is 29.7. The molecule has 1 aromatic heterocycles. The van der Waals surface area contributed by atoms with Gasteiger partial charge in [-0.25, -0.2) is 14.6 Å². The number of nitrogens with two attached hydrogens (primary N) is 1. The van der Waals surface area contributed by atoms with Gasteiger partial charge in [0.2, 0.25) is 11.7 Å². The van der Waals surface area contributed by atoms with Crippen LogP contribution in [0.5, 0.6) is 23.0 Å². The van der Waals surface area contributed by atoms with Crippen LogP contribution in [0, 0.1) is 0 Å². The summed E-state index contributed by atoms with van der Waals surface area (Å²) in [5.41, 5.74) is 7.36. The lowest BCUT2D eigenvalue weighted by Crippen LogP contribution is -2.50. The van der Waals surface area contributed by atoms with Crippen molar-refractivity contribution in [1.29, 1.82) is 0 Å². The van der Waals surface area contributed by atoms with Crippen LogP contribution in [0.15, 0.2) is 60.7 Å². The Morgan fingerprint density at radius 3 is 2.24 bits per heavy atom. The molecule has 0 bridgehead atoms. The van der Waals surface area contributed by atoms with E-state index in [1.54, 1.807) is 56.7 Å². The number of methoxy groups -OCH3 is 2. The fraction of sp³-hybridized carbons (Fsp3) is 0.312. The molecule has 0 saturated heterocycles. The number of aromatic nitrogens is 2. The van der Waals surface area contributed by atoms with Gasteiger partial charge in [-0.15, -0.1) is 0 Å². The zero-order chi connectivity index (χ0) is 32.7. The molecule has 45 heavy (non-hydrogen) atoms. The number of nitrogens with one attached hydrogen (secondary N) is 2. The number of aryl methyl sites for hydroxylation is 1. The quantitative estimate of drug-likeness (QED) is 0.206. The van der Waals surface area contributed by atoms with E-state index >= 15 is 0 Å². The second-order valence-electron chi connectivity index (χ2n) is 11.0. The SMILES string of the molecule is COc1cc(C(=O)NCC(NC(=O)OCc2ccccc2)C(=O)OC(C)(C)C)cc(OC)c1Oc1cccc2c1nc(N)n2C. The van der Waals surface area contributed by atoms with Crippen LogP contribution >= 0.6 is 0 Å². The summed E-state index contributed by atoms with van der Waals surface area (Å²) in [5, 5.41) is 5.14. The smallest absolute Gasteiger partial charge is 0.408 e. The molecule has 0 aliphatic heterocycles. The molecule has 1 heterocycles. The van der Waals surface area contributed by atoms with Gasteiger partial charge in [-0.05, 0) is 50.6 Å². The Balaban J connectivity index is 1.51. The third kappa shape index (κ3) is 8.13. The maximum atomic E-state index is 13.3. The van der Waals surface area contributed by atoms with E-state index in [-0.39, 0.29) is 36.0 Å². The number of alkyl carbamates (subject to hydrolysis) is 1. The first-order chi connectivity index (χ1) is 21.4. The molecule has 3 aromatic carbocycles. The molecule has 0 aliphatic rings. The molecule has 0 saturated carbocycles. The molecular formula is C32H37N5O8. The van der Waals surface area contributed by atoms with Crippen LogP contribution in [0.4, 0.5) is 10.7 Å². The predicted molar refractivity (Wildman–Crippen MR) is 166 cm³/mol. The maximum absolute atomic E-state index is 13.3. The minimum absolute atomic E-state index is 0.00367. The van der Waals surface area contributed by atoms with Gasteiger partial charge in [0.25, 0.3) is 5.91 Å². The molecule has 238 valence electrons. The summed E-state index contributed by atoms with van der Waals surface area (Å²) in [7, 11) is 4.64. The van der Waals surface area contributed by atoms with Gasteiger partial charge < -0.3 is 44.6 Å². The average Bonchev–Trinajstić information content (AvgIpc) is 3.31. The highest BCUT2D eigenvalue weighted by Gasteiger charge is 2.28. The van der Waals surface area contributed by atoms with Crippen molar-refractivity contribution in [1.82, 2.24) is 20.2 Å². The topological polar surface area (TPSA) is 165 Å². The zero-order valence-electron chi connectivity index (χ0n) is 26.0. The van der Waals surface area contributed by atoms with Crippen molar-refractivity contribution in [2.75, 3.05) is 26.5 Å². The first-order valence-corrected chi connectivity index (χ1v) is 14.0. The molecule has 0 fully saturated rings. The molecule has 4 aromatic rings. The third-order valence-corrected chi connectivity index (χ3v) is 6.51. The van der Waals surface area contributed by atoms with Gasteiger partial charge in [0, 0.05) is 19.2 Å². The number of nitrogen functional groups attached to an aromatic ring is 1. The third-order valence-electron chi connectivity index (χ3n) is 6.51. The molecule has 13 nitrogen and oxygen atoms in total. The summed E-state index contributed by atoms with van der Waals surface area (Å²) in [4.78, 5) is 43.2. The number of para-hydroxylation sites is 1. The fourth-order valence-electron chi connectivity index (χ4n) is 4.28. The molecule has 4 rings (SSSR count). The molecule has 0 spiro atoms. The summed E-state index contributed by atoms with van der Waals surface area (Å²) in [6, 6.07) is 16.1. The zero-order valence-corrected chi connectivity index (χ0v) is 26.0. The van der Waals surface area contributed by atoms with Crippen molar-refractivity contribution >= 4 is 35.0 Å². The number of esters is 1. The molecule has 1 unspecified atom stereocenters. The summed E-state index contributed by atoms with van der Waals surface area (Å²) in [6.45, 7) is 4.79. The van der Waals surface area contributed by atoms with Gasteiger partial charge >= 0.3 is 12.1 Å². The standard InChI is InChI=1S/C32H37N5O8/c1-32(2,3)45-29(39)21(35-31(40)43-18-19-11-8-7-9-12-19)17-34-28(38)20-15-24(41-5)27(25(16-20)42-6)44-23-14-10-13-22-26(23)36-30(33)37(22)4/h7-16,21H,17-18H2,1-6H3,(H2,33,36)(H,34,38)(H,35,40). The van der Waals surface area contributed by atoms with Crippen LogP contribution < -0.4 is 30.6 Å². The number of hydrogen-bond donors (Lipinski definition) is 3. The van der Waals surface area contributed by atoms with E-state index in [1.807, 2.05) is 24.3 Å². The van der Waals surface area contributed by atoms with E-state index in [9.17, 15) is 14.4 Å². The molecule has 4 N–H and O–H groups in total. The number of ether oxygens (including phenoxy) is 5. The van der Waals surface area contributed by atoms with E-state index in [2.05, 4.69) is 15.6 Å². The molecule has 0 radical (unpaired) electrons. The van der Waals surface area contributed by atoms with Crippen LogP contribution in [0.3, 0.4) is 0 Å². The first kappa shape index (κ1) is 32.5. The second kappa shape index (κ2) is 13.9. The van der Waals surface area contributed by atoms with Crippen molar-refractivity contribution in [2.45, 2.75) is 39.0 Å². The highest BCUT2D eigenvalue weighted by molar-refractivity contribution is 5.96. The Morgan fingerprint density at radius 2 is 1.62 bits per heavy atom. The molecule has 1 atom stereocenters. The van der Waals surface area contributed by atoms with Gasteiger partial charge in [0.15, 0.2) is 17.2 Å². The number of fused-ring (bicyclic) bond motifs is 1. The average molecular weight is 620 g/mol. The monoisotopic (exact) mass is 619 g/mol. The van der Waals surface area contributed by atoms with Crippen LogP contribution in [0.2, 0.25) is 0 Å². The van der Waals surface area contributed by atoms with Crippen LogP contribution in [-0.4, -0.2) is 59.9 Å². The highest BCUT2D eigenvalue weighted by atomic mass is 16.6. The first-order valence-electron chi connectivity index (χ1n) is 14.0. The van der Waals surface area contributed by atoms with Crippen molar-refractivity contribution in [3.8, 4) is 23.0 Å². The molecule has 0 aliphatic carbocycles. The number of anilines is 1. The lowest BCUT2D eigenvalue weighted by molar-refractivity contribution is -0.157. The van der Waals surface area contributed by atoms with Crippen LogP contribution in [-0.2, 0) is 27.9 Å². The van der Waals surface area contributed by atoms with Crippen molar-refractivity contribution in [3.05, 3.63) is 71.8 Å². The van der Waals surface area contributed by atoms with Crippen LogP contribution in [0.1, 0.15) is 36.7 Å². The number of carbonyl (C=O) groups excluding carboxylic acids is 3. The number of carbonyl (C=O) groups is 3. The Bertz CT molecular complexity index is 1660. The minimum atomic E-state index is -1.24. The van der Waals surface area contributed by atoms with E-state index < -0.39 is 29.6 Å². The van der Waals surface area contributed by atoms with Gasteiger partial charge in [-0.1, -0.05) is 36.4 Å². The summed E-state index contributed by atoms with van der Waals surface area (Å²) >= 11 is 0. The Hall–Kier alpha value is -5.46. The number of hydrogen-bond acceptors (Lipinski definition) is 10. The second-order valence-corrected chi connectivity index (χ2v) is 11.0. The van der Waals surface area contributed by atoms with Gasteiger partial charge in [0.05, 0.1) is 19.7 Å². The van der Waals surface area contributed by atoms with E-state index in [0.29, 0.717) is 17.2 Å². The number of rotatable bonds is 11. The Morgan fingerprint density at radius 1 is 0.956 bits per heavy atom. The van der Waals surface area contributed by atoms with Gasteiger partial charge in [-0.3, -0.25) is 4.79 Å². The van der Waals surface area contributed by atoms with Crippen molar-refractivity contribution in [2.24, 2.45) is 7.05 Å². The van der Waals surface area contributed by atoms with E-state index in [1.165, 1.54) is 26.4 Å². The van der Waals surface area contributed by atoms with Crippen LogP contribution in [0.25, 0.3) is 11.0 Å². The summed E-state index contributed by atoms with van der Waals surface area (Å²) in [6.07, 6.45) is -0.849. The number of imidazole rings is 1. The maximum Gasteiger partial charge on any atom is 0.408 e. The highest BCUT2D eigenvalue weighted by Crippen LogP contribution is 2.43. The fourth-order valence-corrected chi connectivity index (χ4v) is 4.28. The van der Waals surface area contributed by atoms with Crippen molar-refractivity contribution < 1.29 is 38.1 Å². The number of benzene rings is 3. The normalized spacial score (nSPS) is 11.8. The van der Waals surface area contributed by atoms with Gasteiger partial charge in [-0.2, -0.15) is 0 Å². The van der Waals surface area contributed by atoms with E-state index in [0.717, 1.165) is 11.1 Å². The summed E-state index contributed by atoms with van der Waals surface area (Å²) in [5.74, 6) is 0.00397. The number of amides is 2. The Kier molecular flexibility index (Phi) is 10.0. The van der Waals surface area contributed by atoms with E-state index in [4.69, 9.17) is 29.4 Å². The lowest BCUT2D eigenvalue weighted by Gasteiger charge is -2.24. The minimum Gasteiger partial charge on any atom is -0.493 e. The lowest BCUT2D eigenvalue weighted by atomic mass is 10.1. The van der Waals surface area contributed by atoms with Gasteiger partial charge in [0.1, 0.15) is 23.8 Å². The predicted octanol–water partition coefficient (Wildman–Crippen LogP) is 4.33. The molecule has 13 heteroatoms. The largest absolute Gasteiger partial charge is 0.493 e. The number of nitrogens with zero attached hydrogens (tertiary/aromatic N) is 2. The van der Waals surface area contributed by atoms with Crippen molar-refractivity contribution in [3.63, 3.8) is 0 Å². The Labute approximate surface area is 260 Å². The molecule has 2 amide bonds. The molecular weight excluding hydrogens is 582 g/mol.